The molecule has 24 heavy (non-hydrogen) atoms. The first kappa shape index (κ1) is 17.5. The van der Waals surface area contributed by atoms with Crippen molar-refractivity contribution in [1.29, 1.82) is 0 Å². The fourth-order valence-corrected chi connectivity index (χ4v) is 2.08. The molecule has 0 aliphatic carbocycles. The molecule has 0 aliphatic heterocycles. The Morgan fingerprint density at radius 1 is 1.00 bits per heavy atom. The third-order valence-corrected chi connectivity index (χ3v) is 3.40. The molecule has 2 amide bonds. The topological polar surface area (TPSA) is 67.4 Å². The van der Waals surface area contributed by atoms with Crippen LogP contribution < -0.4 is 15.4 Å². The second-order valence-corrected chi connectivity index (χ2v) is 5.71. The highest BCUT2D eigenvalue weighted by Gasteiger charge is 2.08. The molecule has 2 N–H and O–H groups in total. The van der Waals surface area contributed by atoms with Gasteiger partial charge in [0.15, 0.2) is 6.61 Å². The Labute approximate surface area is 142 Å². The van der Waals surface area contributed by atoms with E-state index in [0.717, 1.165) is 11.3 Å². The monoisotopic (exact) mass is 326 g/mol. The van der Waals surface area contributed by atoms with Crippen molar-refractivity contribution < 1.29 is 14.3 Å². The summed E-state index contributed by atoms with van der Waals surface area (Å²) in [6.45, 7) is 3.96. The largest absolute Gasteiger partial charge is 0.484 e. The Bertz CT molecular complexity index is 684. The van der Waals surface area contributed by atoms with Gasteiger partial charge in [-0.3, -0.25) is 9.59 Å². The summed E-state index contributed by atoms with van der Waals surface area (Å²) in [6.07, 6.45) is 0. The Kier molecular flexibility index (Phi) is 6.37. The summed E-state index contributed by atoms with van der Waals surface area (Å²) in [7, 11) is 0. The summed E-state index contributed by atoms with van der Waals surface area (Å²) >= 11 is 0. The van der Waals surface area contributed by atoms with Gasteiger partial charge in [-0.1, -0.05) is 44.2 Å². The Morgan fingerprint density at radius 3 is 2.46 bits per heavy atom. The molecule has 0 heterocycles. The smallest absolute Gasteiger partial charge is 0.258 e. The van der Waals surface area contributed by atoms with E-state index in [1.807, 2.05) is 42.5 Å². The van der Waals surface area contributed by atoms with Gasteiger partial charge in [0.2, 0.25) is 5.91 Å². The molecule has 0 radical (unpaired) electrons. The zero-order valence-electron chi connectivity index (χ0n) is 13.9. The first-order valence-corrected chi connectivity index (χ1v) is 7.89. The summed E-state index contributed by atoms with van der Waals surface area (Å²) in [5, 5.41) is 5.31. The van der Waals surface area contributed by atoms with E-state index in [-0.39, 0.29) is 25.0 Å². The predicted octanol–water partition coefficient (Wildman–Crippen LogP) is 2.94. The van der Waals surface area contributed by atoms with Crippen molar-refractivity contribution in [2.45, 2.75) is 19.8 Å². The number of carbonyl (C=O) groups is 2. The number of anilines is 1. The molecule has 0 saturated carbocycles. The molecule has 0 spiro atoms. The van der Waals surface area contributed by atoms with Crippen LogP contribution >= 0.6 is 0 Å². The van der Waals surface area contributed by atoms with Crippen molar-refractivity contribution in [1.82, 2.24) is 5.32 Å². The van der Waals surface area contributed by atoms with Crippen LogP contribution in [0.3, 0.4) is 0 Å². The molecular formula is C19H22N2O3. The van der Waals surface area contributed by atoms with Crippen LogP contribution in [0, 0.1) is 0 Å². The highest BCUT2D eigenvalue weighted by Crippen LogP contribution is 2.18. The summed E-state index contributed by atoms with van der Waals surface area (Å²) in [4.78, 5) is 23.6. The fraction of sp³-hybridized carbons (Fsp3) is 0.263. The van der Waals surface area contributed by atoms with Gasteiger partial charge in [0.25, 0.3) is 5.91 Å². The van der Waals surface area contributed by atoms with E-state index in [1.165, 1.54) is 0 Å². The summed E-state index contributed by atoms with van der Waals surface area (Å²) in [5.41, 5.74) is 1.87. The lowest BCUT2D eigenvalue weighted by molar-refractivity contribution is -0.125. The molecule has 2 aromatic rings. The van der Waals surface area contributed by atoms with Gasteiger partial charge in [0.1, 0.15) is 5.75 Å². The third kappa shape index (κ3) is 5.76. The zero-order valence-corrected chi connectivity index (χ0v) is 13.9. The molecule has 126 valence electrons. The van der Waals surface area contributed by atoms with Gasteiger partial charge in [-0.15, -0.1) is 0 Å². The first-order valence-electron chi connectivity index (χ1n) is 7.89. The normalized spacial score (nSPS) is 10.3. The Hall–Kier alpha value is -2.82. The second kappa shape index (κ2) is 8.72. The molecule has 0 aliphatic rings. The third-order valence-electron chi connectivity index (χ3n) is 3.40. The Balaban J connectivity index is 1.74. The van der Waals surface area contributed by atoms with Crippen molar-refractivity contribution in [3.05, 3.63) is 60.2 Å². The van der Waals surface area contributed by atoms with Gasteiger partial charge >= 0.3 is 0 Å². The quantitative estimate of drug-likeness (QED) is 0.822. The average molecular weight is 326 g/mol. The van der Waals surface area contributed by atoms with Gasteiger partial charge < -0.3 is 15.4 Å². The van der Waals surface area contributed by atoms with E-state index in [0.29, 0.717) is 11.7 Å². The number of amides is 2. The SMILES string of the molecule is CC(C)c1cccc(NC(=O)CNC(=O)COc2ccccc2)c1. The molecule has 5 heteroatoms. The standard InChI is InChI=1S/C19H22N2O3/c1-14(2)15-7-6-8-16(11-15)21-18(22)12-20-19(23)13-24-17-9-4-3-5-10-17/h3-11,14H,12-13H2,1-2H3,(H,20,23)(H,21,22). The lowest BCUT2D eigenvalue weighted by Crippen LogP contribution is -2.35. The van der Waals surface area contributed by atoms with Crippen molar-refractivity contribution >= 4 is 17.5 Å². The van der Waals surface area contributed by atoms with Crippen LogP contribution in [0.25, 0.3) is 0 Å². The molecule has 0 aromatic heterocycles. The number of carbonyl (C=O) groups excluding carboxylic acids is 2. The maximum atomic E-state index is 11.9. The van der Waals surface area contributed by atoms with Crippen molar-refractivity contribution in [3.8, 4) is 5.75 Å². The van der Waals surface area contributed by atoms with Gasteiger partial charge in [-0.2, -0.15) is 0 Å². The summed E-state index contributed by atoms with van der Waals surface area (Å²) in [6, 6.07) is 16.7. The molecular weight excluding hydrogens is 304 g/mol. The van der Waals surface area contributed by atoms with Crippen LogP contribution in [0.2, 0.25) is 0 Å². The Morgan fingerprint density at radius 2 is 1.75 bits per heavy atom. The van der Waals surface area contributed by atoms with Crippen LogP contribution in [0.1, 0.15) is 25.3 Å². The van der Waals surface area contributed by atoms with Gasteiger partial charge in [-0.25, -0.2) is 0 Å². The zero-order chi connectivity index (χ0) is 17.4. The molecule has 2 aromatic carbocycles. The van der Waals surface area contributed by atoms with Crippen LogP contribution in [0.5, 0.6) is 5.75 Å². The highest BCUT2D eigenvalue weighted by atomic mass is 16.5. The molecule has 5 nitrogen and oxygen atoms in total. The lowest BCUT2D eigenvalue weighted by Gasteiger charge is -2.10. The maximum Gasteiger partial charge on any atom is 0.258 e. The van der Waals surface area contributed by atoms with E-state index in [4.69, 9.17) is 4.74 Å². The minimum atomic E-state index is -0.343. The van der Waals surface area contributed by atoms with Gasteiger partial charge in [-0.05, 0) is 35.7 Å². The minimum Gasteiger partial charge on any atom is -0.484 e. The fourth-order valence-electron chi connectivity index (χ4n) is 2.08. The van der Waals surface area contributed by atoms with Gasteiger partial charge in [0, 0.05) is 5.69 Å². The summed E-state index contributed by atoms with van der Waals surface area (Å²) in [5.74, 6) is 0.383. The predicted molar refractivity (Wildman–Crippen MR) is 94.1 cm³/mol. The van der Waals surface area contributed by atoms with Crippen molar-refractivity contribution in [2.24, 2.45) is 0 Å². The highest BCUT2D eigenvalue weighted by molar-refractivity contribution is 5.94. The molecule has 2 rings (SSSR count). The van der Waals surface area contributed by atoms with Gasteiger partial charge in [0.05, 0.1) is 6.54 Å². The number of rotatable bonds is 7. The molecule has 0 unspecified atom stereocenters. The summed E-state index contributed by atoms with van der Waals surface area (Å²) < 4.78 is 5.32. The van der Waals surface area contributed by atoms with E-state index < -0.39 is 0 Å². The molecule has 0 atom stereocenters. The van der Waals surface area contributed by atoms with E-state index in [1.54, 1.807) is 12.1 Å². The number of hydrogen-bond donors (Lipinski definition) is 2. The first-order chi connectivity index (χ1) is 11.5. The minimum absolute atomic E-state index is 0.0944. The van der Waals surface area contributed by atoms with Crippen LogP contribution in [0.15, 0.2) is 54.6 Å². The van der Waals surface area contributed by atoms with Crippen molar-refractivity contribution in [3.63, 3.8) is 0 Å². The second-order valence-electron chi connectivity index (χ2n) is 5.71. The average Bonchev–Trinajstić information content (AvgIpc) is 2.59. The van der Waals surface area contributed by atoms with Crippen LogP contribution in [-0.4, -0.2) is 25.0 Å². The molecule has 0 bridgehead atoms. The van der Waals surface area contributed by atoms with E-state index in [9.17, 15) is 9.59 Å². The maximum absolute atomic E-state index is 11.9. The van der Waals surface area contributed by atoms with Crippen LogP contribution in [-0.2, 0) is 9.59 Å². The lowest BCUT2D eigenvalue weighted by atomic mass is 10.0. The number of benzene rings is 2. The molecule has 0 fully saturated rings. The number of nitrogens with one attached hydrogen (secondary N) is 2. The van der Waals surface area contributed by atoms with E-state index in [2.05, 4.69) is 24.5 Å². The number of ether oxygens (including phenoxy) is 1. The van der Waals surface area contributed by atoms with Crippen LogP contribution in [0.4, 0.5) is 5.69 Å². The van der Waals surface area contributed by atoms with E-state index >= 15 is 0 Å². The molecule has 0 saturated heterocycles. The number of para-hydroxylation sites is 1. The number of hydrogen-bond acceptors (Lipinski definition) is 3. The van der Waals surface area contributed by atoms with Crippen molar-refractivity contribution in [2.75, 3.05) is 18.5 Å².